The van der Waals surface area contributed by atoms with Crippen LogP contribution in [-0.2, 0) is 23.9 Å². The molecule has 2 bridgehead atoms. The van der Waals surface area contributed by atoms with Gasteiger partial charge in [0.25, 0.3) is 5.91 Å². The van der Waals surface area contributed by atoms with Gasteiger partial charge in [0, 0.05) is 36.3 Å². The largest absolute Gasteiger partial charge is 0.455 e. The third-order valence-electron chi connectivity index (χ3n) is 6.25. The van der Waals surface area contributed by atoms with Gasteiger partial charge in [-0.1, -0.05) is 6.42 Å². The zero-order chi connectivity index (χ0) is 20.2. The van der Waals surface area contributed by atoms with Crippen molar-refractivity contribution in [2.24, 2.45) is 17.8 Å². The lowest BCUT2D eigenvalue weighted by Gasteiger charge is -2.36. The molecule has 3 aliphatic rings. The Labute approximate surface area is 170 Å². The summed E-state index contributed by atoms with van der Waals surface area (Å²) in [7, 11) is 0. The summed E-state index contributed by atoms with van der Waals surface area (Å²) in [5.74, 6) is -0.656. The first-order valence-corrected chi connectivity index (χ1v) is 10.5. The van der Waals surface area contributed by atoms with Crippen molar-refractivity contribution in [2.75, 3.05) is 43.1 Å². The fourth-order valence-corrected chi connectivity index (χ4v) is 4.70. The Hall–Kier alpha value is -2.41. The molecule has 2 aliphatic carbocycles. The van der Waals surface area contributed by atoms with E-state index in [0.29, 0.717) is 24.3 Å². The van der Waals surface area contributed by atoms with Gasteiger partial charge in [-0.3, -0.25) is 14.4 Å². The summed E-state index contributed by atoms with van der Waals surface area (Å²) in [4.78, 5) is 38.9. The molecule has 1 aromatic rings. The monoisotopic (exact) mass is 400 g/mol. The van der Waals surface area contributed by atoms with E-state index in [9.17, 15) is 14.4 Å². The number of hydrogen-bond acceptors (Lipinski definition) is 6. The van der Waals surface area contributed by atoms with Crippen molar-refractivity contribution in [3.63, 3.8) is 0 Å². The number of amides is 1. The summed E-state index contributed by atoms with van der Waals surface area (Å²) >= 11 is 0. The van der Waals surface area contributed by atoms with Gasteiger partial charge in [0.1, 0.15) is 5.78 Å². The van der Waals surface area contributed by atoms with E-state index in [4.69, 9.17) is 9.47 Å². The highest BCUT2D eigenvalue weighted by atomic mass is 16.5. The molecule has 7 heteroatoms. The Balaban J connectivity index is 1.23. The van der Waals surface area contributed by atoms with Gasteiger partial charge < -0.3 is 19.7 Å². The molecule has 29 heavy (non-hydrogen) atoms. The predicted octanol–water partition coefficient (Wildman–Crippen LogP) is 2.40. The molecule has 1 unspecified atom stereocenters. The van der Waals surface area contributed by atoms with Crippen molar-refractivity contribution in [1.82, 2.24) is 0 Å². The number of ketones is 1. The van der Waals surface area contributed by atoms with Crippen LogP contribution in [0.5, 0.6) is 0 Å². The van der Waals surface area contributed by atoms with Crippen LogP contribution in [0.15, 0.2) is 24.3 Å². The number of fused-ring (bicyclic) bond motifs is 2. The van der Waals surface area contributed by atoms with Crippen molar-refractivity contribution < 1.29 is 23.9 Å². The molecule has 1 amide bonds. The number of carbonyl (C=O) groups excluding carboxylic acids is 3. The molecule has 1 aliphatic heterocycles. The number of Topliss-reactive ketones (excluding diaryl/α,β-unsaturated/α-hetero) is 1. The van der Waals surface area contributed by atoms with E-state index in [2.05, 4.69) is 10.2 Å². The van der Waals surface area contributed by atoms with Gasteiger partial charge in [-0.05, 0) is 49.9 Å². The molecule has 3 fully saturated rings. The first-order chi connectivity index (χ1) is 14.1. The van der Waals surface area contributed by atoms with E-state index < -0.39 is 0 Å². The molecule has 0 aromatic heterocycles. The van der Waals surface area contributed by atoms with Crippen LogP contribution in [0.1, 0.15) is 32.1 Å². The Morgan fingerprint density at radius 2 is 1.72 bits per heavy atom. The summed E-state index contributed by atoms with van der Waals surface area (Å²) in [6, 6.07) is 7.62. The Morgan fingerprint density at radius 1 is 1.07 bits per heavy atom. The van der Waals surface area contributed by atoms with E-state index in [0.717, 1.165) is 51.3 Å². The van der Waals surface area contributed by atoms with Crippen LogP contribution in [0.4, 0.5) is 11.4 Å². The summed E-state index contributed by atoms with van der Waals surface area (Å²) in [6.45, 7) is 2.86. The lowest BCUT2D eigenvalue weighted by atomic mass is 9.67. The number of benzene rings is 1. The van der Waals surface area contributed by atoms with Gasteiger partial charge in [0.2, 0.25) is 0 Å². The number of morpholine rings is 1. The normalized spacial score (nSPS) is 26.7. The molecule has 0 radical (unpaired) electrons. The van der Waals surface area contributed by atoms with Crippen LogP contribution >= 0.6 is 0 Å². The maximum atomic E-state index is 12.4. The third-order valence-corrected chi connectivity index (χ3v) is 6.25. The van der Waals surface area contributed by atoms with Crippen molar-refractivity contribution in [1.29, 1.82) is 0 Å². The fourth-order valence-electron chi connectivity index (χ4n) is 4.70. The second-order valence-electron chi connectivity index (χ2n) is 8.20. The SMILES string of the molecule is O=C(COC(=O)C1C[C@H]2CCC[C@@H](C1)C2=O)Nc1ccc(N2CCOCC2)cc1. The molecule has 7 nitrogen and oxygen atoms in total. The highest BCUT2D eigenvalue weighted by Gasteiger charge is 2.41. The van der Waals surface area contributed by atoms with E-state index in [-0.39, 0.29) is 36.2 Å². The number of hydrogen-bond donors (Lipinski definition) is 1. The van der Waals surface area contributed by atoms with Gasteiger partial charge >= 0.3 is 5.97 Å². The minimum atomic E-state index is -0.357. The molecule has 156 valence electrons. The summed E-state index contributed by atoms with van der Waals surface area (Å²) in [6.07, 6.45) is 3.95. The van der Waals surface area contributed by atoms with Crippen molar-refractivity contribution in [3.8, 4) is 0 Å². The van der Waals surface area contributed by atoms with Gasteiger partial charge in [-0.2, -0.15) is 0 Å². The topological polar surface area (TPSA) is 84.9 Å². The van der Waals surface area contributed by atoms with E-state index >= 15 is 0 Å². The number of esters is 1. The van der Waals surface area contributed by atoms with Crippen molar-refractivity contribution >= 4 is 29.0 Å². The Kier molecular flexibility index (Phi) is 6.13. The lowest BCUT2D eigenvalue weighted by molar-refractivity contribution is -0.155. The summed E-state index contributed by atoms with van der Waals surface area (Å²) in [5, 5.41) is 2.76. The van der Waals surface area contributed by atoms with Gasteiger partial charge in [-0.15, -0.1) is 0 Å². The van der Waals surface area contributed by atoms with Crippen LogP contribution in [-0.4, -0.2) is 50.6 Å². The second kappa shape index (κ2) is 8.95. The van der Waals surface area contributed by atoms with Crippen LogP contribution in [0, 0.1) is 17.8 Å². The van der Waals surface area contributed by atoms with Crippen LogP contribution in [0.3, 0.4) is 0 Å². The molecule has 1 N–H and O–H groups in total. The number of rotatable bonds is 5. The number of anilines is 2. The standard InChI is InChI=1S/C22H28N2O5/c25-20(23-18-4-6-19(7-5-18)24-8-10-28-11-9-24)14-29-22(27)17-12-15-2-1-3-16(13-17)21(15)26/h4-7,15-17H,1-3,8-14H2,(H,23,25)/t15-,16+,17?. The van der Waals surface area contributed by atoms with E-state index in [1.807, 2.05) is 24.3 Å². The molecule has 4 rings (SSSR count). The quantitative estimate of drug-likeness (QED) is 0.764. The summed E-state index contributed by atoms with van der Waals surface area (Å²) in [5.41, 5.74) is 1.76. The molecule has 2 saturated carbocycles. The molecule has 0 spiro atoms. The zero-order valence-electron chi connectivity index (χ0n) is 16.6. The van der Waals surface area contributed by atoms with Gasteiger partial charge in [-0.25, -0.2) is 0 Å². The molecule has 1 saturated heterocycles. The molecule has 1 heterocycles. The number of carbonyl (C=O) groups is 3. The molecular weight excluding hydrogens is 372 g/mol. The smallest absolute Gasteiger partial charge is 0.309 e. The minimum absolute atomic E-state index is 0.00106. The third kappa shape index (κ3) is 4.78. The first-order valence-electron chi connectivity index (χ1n) is 10.5. The highest BCUT2D eigenvalue weighted by molar-refractivity contribution is 5.93. The Bertz CT molecular complexity index is 741. The zero-order valence-corrected chi connectivity index (χ0v) is 16.6. The average molecular weight is 400 g/mol. The van der Waals surface area contributed by atoms with E-state index in [1.165, 1.54) is 0 Å². The Morgan fingerprint density at radius 3 is 2.38 bits per heavy atom. The fraction of sp³-hybridized carbons (Fsp3) is 0.591. The minimum Gasteiger partial charge on any atom is -0.455 e. The number of nitrogens with zero attached hydrogens (tertiary/aromatic N) is 1. The van der Waals surface area contributed by atoms with Crippen LogP contribution < -0.4 is 10.2 Å². The van der Waals surface area contributed by atoms with Gasteiger partial charge in [0.05, 0.1) is 19.1 Å². The van der Waals surface area contributed by atoms with Crippen LogP contribution in [0.2, 0.25) is 0 Å². The van der Waals surface area contributed by atoms with Crippen molar-refractivity contribution in [2.45, 2.75) is 32.1 Å². The number of ether oxygens (including phenoxy) is 2. The predicted molar refractivity (Wildman–Crippen MR) is 108 cm³/mol. The maximum absolute atomic E-state index is 12.4. The van der Waals surface area contributed by atoms with Crippen LogP contribution in [0.25, 0.3) is 0 Å². The average Bonchev–Trinajstić information content (AvgIpc) is 2.73. The van der Waals surface area contributed by atoms with Crippen molar-refractivity contribution in [3.05, 3.63) is 24.3 Å². The highest BCUT2D eigenvalue weighted by Crippen LogP contribution is 2.40. The van der Waals surface area contributed by atoms with Gasteiger partial charge in [0.15, 0.2) is 6.61 Å². The summed E-state index contributed by atoms with van der Waals surface area (Å²) < 4.78 is 10.6. The maximum Gasteiger partial charge on any atom is 0.309 e. The molecule has 1 aromatic carbocycles. The van der Waals surface area contributed by atoms with E-state index in [1.54, 1.807) is 0 Å². The second-order valence-corrected chi connectivity index (χ2v) is 8.20. The lowest BCUT2D eigenvalue weighted by Crippen LogP contribution is -2.40. The molecule has 3 atom stereocenters. The first kappa shape index (κ1) is 19.9. The number of nitrogens with one attached hydrogen (secondary N) is 1. The molecular formula is C22H28N2O5.